The van der Waals surface area contributed by atoms with Crippen LogP contribution >= 0.6 is 11.3 Å². The highest BCUT2D eigenvalue weighted by Crippen LogP contribution is 2.16. The van der Waals surface area contributed by atoms with E-state index in [-0.39, 0.29) is 11.4 Å². The molecule has 0 aliphatic rings. The van der Waals surface area contributed by atoms with Crippen molar-refractivity contribution in [3.05, 3.63) is 23.7 Å². The van der Waals surface area contributed by atoms with Crippen LogP contribution in [0.25, 0.3) is 0 Å². The SMILES string of the molecule is C=CCNc1nc(/C(=N\OC)C(=O)O)cs1. The lowest BCUT2D eigenvalue weighted by Crippen LogP contribution is -2.15. The van der Waals surface area contributed by atoms with Crippen LogP contribution in [0.15, 0.2) is 23.2 Å². The van der Waals surface area contributed by atoms with Gasteiger partial charge in [-0.1, -0.05) is 11.2 Å². The monoisotopic (exact) mass is 241 g/mol. The summed E-state index contributed by atoms with van der Waals surface area (Å²) in [5, 5.41) is 17.4. The number of nitrogens with zero attached hydrogens (tertiary/aromatic N) is 2. The van der Waals surface area contributed by atoms with Crippen molar-refractivity contribution >= 4 is 28.1 Å². The fourth-order valence-electron chi connectivity index (χ4n) is 0.910. The molecule has 0 aromatic carbocycles. The van der Waals surface area contributed by atoms with Gasteiger partial charge >= 0.3 is 5.97 Å². The van der Waals surface area contributed by atoms with Crippen molar-refractivity contribution in [3.8, 4) is 0 Å². The number of aliphatic carboxylic acids is 1. The van der Waals surface area contributed by atoms with Gasteiger partial charge in [0, 0.05) is 11.9 Å². The summed E-state index contributed by atoms with van der Waals surface area (Å²) in [5.41, 5.74) is 0.0521. The molecule has 6 nitrogen and oxygen atoms in total. The molecule has 7 heteroatoms. The van der Waals surface area contributed by atoms with Gasteiger partial charge < -0.3 is 15.3 Å². The Morgan fingerprint density at radius 1 is 1.88 bits per heavy atom. The molecular weight excluding hydrogens is 230 g/mol. The third-order valence-electron chi connectivity index (χ3n) is 1.53. The quantitative estimate of drug-likeness (QED) is 0.444. The Kier molecular flexibility index (Phi) is 4.46. The number of rotatable bonds is 6. The van der Waals surface area contributed by atoms with Gasteiger partial charge in [0.25, 0.3) is 0 Å². The van der Waals surface area contributed by atoms with Crippen molar-refractivity contribution in [3.63, 3.8) is 0 Å². The highest BCUT2D eigenvalue weighted by atomic mass is 32.1. The van der Waals surface area contributed by atoms with Crippen molar-refractivity contribution in [1.29, 1.82) is 0 Å². The number of hydrogen-bond donors (Lipinski definition) is 2. The summed E-state index contributed by atoms with van der Waals surface area (Å²) < 4.78 is 0. The van der Waals surface area contributed by atoms with Crippen LogP contribution in [0, 0.1) is 0 Å². The lowest BCUT2D eigenvalue weighted by atomic mass is 10.3. The molecule has 0 saturated heterocycles. The molecule has 0 spiro atoms. The molecule has 1 heterocycles. The summed E-state index contributed by atoms with van der Waals surface area (Å²) >= 11 is 1.29. The van der Waals surface area contributed by atoms with Crippen molar-refractivity contribution < 1.29 is 14.7 Å². The molecule has 0 amide bonds. The normalized spacial score (nSPS) is 10.9. The average Bonchev–Trinajstić information content (AvgIpc) is 2.70. The third kappa shape index (κ3) is 3.06. The molecule has 2 N–H and O–H groups in total. The third-order valence-corrected chi connectivity index (χ3v) is 2.33. The van der Waals surface area contributed by atoms with Gasteiger partial charge in [0.1, 0.15) is 12.8 Å². The summed E-state index contributed by atoms with van der Waals surface area (Å²) in [7, 11) is 1.28. The van der Waals surface area contributed by atoms with Gasteiger partial charge in [-0.15, -0.1) is 17.9 Å². The van der Waals surface area contributed by atoms with Crippen LogP contribution in [0.5, 0.6) is 0 Å². The van der Waals surface area contributed by atoms with Crippen molar-refractivity contribution in [2.45, 2.75) is 0 Å². The predicted octanol–water partition coefficient (Wildman–Crippen LogP) is 1.18. The number of oxime groups is 1. The molecule has 0 aliphatic carbocycles. The smallest absolute Gasteiger partial charge is 0.360 e. The number of thiazole rings is 1. The van der Waals surface area contributed by atoms with Crippen LogP contribution in [0.3, 0.4) is 0 Å². The van der Waals surface area contributed by atoms with Crippen molar-refractivity contribution in [2.24, 2.45) is 5.16 Å². The molecule has 1 aromatic rings. The van der Waals surface area contributed by atoms with E-state index in [4.69, 9.17) is 5.11 Å². The van der Waals surface area contributed by atoms with E-state index in [1.807, 2.05) is 0 Å². The van der Waals surface area contributed by atoms with Gasteiger partial charge in [-0.3, -0.25) is 0 Å². The lowest BCUT2D eigenvalue weighted by Gasteiger charge is -1.96. The Morgan fingerprint density at radius 3 is 3.19 bits per heavy atom. The van der Waals surface area contributed by atoms with Gasteiger partial charge in [-0.2, -0.15) is 0 Å². The van der Waals surface area contributed by atoms with Crippen LogP contribution in [0.2, 0.25) is 0 Å². The van der Waals surface area contributed by atoms with E-state index in [1.165, 1.54) is 18.4 Å². The maximum atomic E-state index is 10.8. The number of nitrogens with one attached hydrogen (secondary N) is 1. The molecule has 0 bridgehead atoms. The summed E-state index contributed by atoms with van der Waals surface area (Å²) in [6.45, 7) is 4.12. The van der Waals surface area contributed by atoms with Crippen LogP contribution in [0.4, 0.5) is 5.13 Å². The van der Waals surface area contributed by atoms with Gasteiger partial charge in [0.2, 0.25) is 5.71 Å². The Balaban J connectivity index is 2.86. The van der Waals surface area contributed by atoms with Gasteiger partial charge in [-0.05, 0) is 0 Å². The first kappa shape index (κ1) is 12.2. The Hall–Kier alpha value is -1.89. The Bertz CT molecular complexity index is 414. The molecule has 0 saturated carbocycles. The fraction of sp³-hybridized carbons (Fsp3) is 0.222. The van der Waals surface area contributed by atoms with E-state index in [0.29, 0.717) is 11.7 Å². The molecule has 0 unspecified atom stereocenters. The maximum Gasteiger partial charge on any atom is 0.360 e. The van der Waals surface area contributed by atoms with E-state index in [1.54, 1.807) is 11.5 Å². The highest BCUT2D eigenvalue weighted by Gasteiger charge is 2.17. The number of anilines is 1. The number of aromatic nitrogens is 1. The fourth-order valence-corrected chi connectivity index (χ4v) is 1.62. The van der Waals surface area contributed by atoms with Crippen LogP contribution in [-0.4, -0.2) is 35.4 Å². The zero-order valence-electron chi connectivity index (χ0n) is 8.64. The minimum absolute atomic E-state index is 0.217. The molecule has 16 heavy (non-hydrogen) atoms. The standard InChI is InChI=1S/C9H11N3O3S/c1-3-4-10-9-11-6(5-16-9)7(8(13)14)12-15-2/h3,5H,1,4H2,2H3,(H,10,11)(H,13,14)/b12-7+. The molecule has 1 aromatic heterocycles. The van der Waals surface area contributed by atoms with Crippen molar-refractivity contribution in [1.82, 2.24) is 4.98 Å². The summed E-state index contributed by atoms with van der Waals surface area (Å²) in [6, 6.07) is 0. The lowest BCUT2D eigenvalue weighted by molar-refractivity contribution is -0.129. The topological polar surface area (TPSA) is 83.8 Å². The zero-order chi connectivity index (χ0) is 12.0. The molecule has 0 aliphatic heterocycles. The van der Waals surface area contributed by atoms with Crippen LogP contribution < -0.4 is 5.32 Å². The molecule has 0 atom stereocenters. The average molecular weight is 241 g/mol. The van der Waals surface area contributed by atoms with Crippen LogP contribution in [-0.2, 0) is 9.63 Å². The second-order valence-corrected chi connectivity index (χ2v) is 3.49. The van der Waals surface area contributed by atoms with Crippen molar-refractivity contribution in [2.75, 3.05) is 19.0 Å². The second-order valence-electron chi connectivity index (χ2n) is 2.64. The van der Waals surface area contributed by atoms with E-state index >= 15 is 0 Å². The minimum Gasteiger partial charge on any atom is -0.476 e. The van der Waals surface area contributed by atoms with Crippen LogP contribution in [0.1, 0.15) is 5.69 Å². The zero-order valence-corrected chi connectivity index (χ0v) is 9.45. The predicted molar refractivity (Wildman–Crippen MR) is 62.0 cm³/mol. The Morgan fingerprint density at radius 2 is 2.62 bits per heavy atom. The largest absolute Gasteiger partial charge is 0.476 e. The molecule has 0 radical (unpaired) electrons. The summed E-state index contributed by atoms with van der Waals surface area (Å²) in [6.07, 6.45) is 1.68. The van der Waals surface area contributed by atoms with E-state index in [2.05, 4.69) is 26.9 Å². The number of carboxylic acid groups (broad SMARTS) is 1. The number of carbonyl (C=O) groups is 1. The Labute approximate surface area is 96.3 Å². The van der Waals surface area contributed by atoms with Gasteiger partial charge in [0.15, 0.2) is 5.13 Å². The summed E-state index contributed by atoms with van der Waals surface area (Å²) in [5.74, 6) is -1.18. The first-order valence-electron chi connectivity index (χ1n) is 4.34. The highest BCUT2D eigenvalue weighted by molar-refractivity contribution is 7.14. The van der Waals surface area contributed by atoms with E-state index in [9.17, 15) is 4.79 Å². The van der Waals surface area contributed by atoms with E-state index in [0.717, 1.165) is 0 Å². The second kappa shape index (κ2) is 5.86. The minimum atomic E-state index is -1.18. The van der Waals surface area contributed by atoms with Gasteiger partial charge in [0.05, 0.1) is 0 Å². The summed E-state index contributed by atoms with van der Waals surface area (Å²) in [4.78, 5) is 19.3. The molecule has 86 valence electrons. The van der Waals surface area contributed by atoms with Gasteiger partial charge in [-0.25, -0.2) is 9.78 Å². The molecule has 1 rings (SSSR count). The first-order chi connectivity index (χ1) is 7.69. The molecular formula is C9H11N3O3S. The number of carboxylic acids is 1. The number of hydrogen-bond acceptors (Lipinski definition) is 6. The first-order valence-corrected chi connectivity index (χ1v) is 5.22. The van der Waals surface area contributed by atoms with E-state index < -0.39 is 5.97 Å². The maximum absolute atomic E-state index is 10.8. The molecule has 0 fully saturated rings.